The van der Waals surface area contributed by atoms with Gasteiger partial charge in [-0.15, -0.1) is 18.3 Å². The highest BCUT2D eigenvalue weighted by Gasteiger charge is 2.42. The summed E-state index contributed by atoms with van der Waals surface area (Å²) in [5.41, 5.74) is 0.514. The summed E-state index contributed by atoms with van der Waals surface area (Å²) in [5, 5.41) is 4.31. The number of nitrogens with zero attached hydrogens (tertiary/aromatic N) is 4. The van der Waals surface area contributed by atoms with E-state index in [1.807, 2.05) is 6.26 Å². The van der Waals surface area contributed by atoms with Gasteiger partial charge in [0.05, 0.1) is 11.9 Å². The molecule has 0 saturated carbocycles. The molecule has 0 aromatic carbocycles. The number of alkyl halides is 3. The van der Waals surface area contributed by atoms with Gasteiger partial charge >= 0.3 is 6.30 Å². The SMILES string of the molecule is CSc1nn2cc(C3C=C4C(=CC=CN4C(F)(F)F)O3)nc2s1. The van der Waals surface area contributed by atoms with Crippen molar-refractivity contribution in [1.29, 1.82) is 0 Å². The van der Waals surface area contributed by atoms with Crippen molar-refractivity contribution in [2.24, 2.45) is 0 Å². The fourth-order valence-electron chi connectivity index (χ4n) is 2.36. The lowest BCUT2D eigenvalue weighted by Crippen LogP contribution is -2.33. The molecule has 0 fully saturated rings. The summed E-state index contributed by atoms with van der Waals surface area (Å²) in [7, 11) is 0. The normalized spacial score (nSPS) is 20.5. The van der Waals surface area contributed by atoms with E-state index in [0.29, 0.717) is 10.7 Å². The van der Waals surface area contributed by atoms with Crippen LogP contribution in [0.2, 0.25) is 0 Å². The van der Waals surface area contributed by atoms with Crippen molar-refractivity contribution in [1.82, 2.24) is 19.5 Å². The molecule has 0 N–H and O–H groups in total. The molecule has 0 saturated heterocycles. The zero-order valence-electron chi connectivity index (χ0n) is 11.6. The molecule has 4 heterocycles. The third-order valence-electron chi connectivity index (χ3n) is 3.34. The van der Waals surface area contributed by atoms with Crippen molar-refractivity contribution in [3.05, 3.63) is 47.8 Å². The Hall–Kier alpha value is -1.94. The van der Waals surface area contributed by atoms with Gasteiger partial charge in [-0.2, -0.15) is 0 Å². The van der Waals surface area contributed by atoms with Gasteiger partial charge in [0.15, 0.2) is 10.4 Å². The number of halogens is 3. The van der Waals surface area contributed by atoms with Crippen molar-refractivity contribution < 1.29 is 17.9 Å². The molecule has 5 nitrogen and oxygen atoms in total. The van der Waals surface area contributed by atoms with Crippen molar-refractivity contribution in [2.45, 2.75) is 16.7 Å². The Bertz CT molecular complexity index is 833. The summed E-state index contributed by atoms with van der Waals surface area (Å²) >= 11 is 2.93. The van der Waals surface area contributed by atoms with Crippen LogP contribution in [0, 0.1) is 0 Å². The Kier molecular flexibility index (Phi) is 3.20. The quantitative estimate of drug-likeness (QED) is 0.605. The van der Waals surface area contributed by atoms with Gasteiger partial charge in [0.25, 0.3) is 0 Å². The molecule has 0 amide bonds. The van der Waals surface area contributed by atoms with Crippen LogP contribution < -0.4 is 0 Å². The molecule has 2 aromatic heterocycles. The van der Waals surface area contributed by atoms with Crippen molar-refractivity contribution >= 4 is 28.1 Å². The van der Waals surface area contributed by atoms with E-state index in [4.69, 9.17) is 4.74 Å². The average molecular weight is 358 g/mol. The Morgan fingerprint density at radius 3 is 2.91 bits per heavy atom. The van der Waals surface area contributed by atoms with Crippen LogP contribution in [-0.2, 0) is 4.74 Å². The van der Waals surface area contributed by atoms with Crippen LogP contribution in [0.3, 0.4) is 0 Å². The van der Waals surface area contributed by atoms with Gasteiger partial charge in [0.1, 0.15) is 11.5 Å². The molecule has 2 aromatic rings. The number of aromatic nitrogens is 3. The second-order valence-corrected chi connectivity index (χ2v) is 6.77. The lowest BCUT2D eigenvalue weighted by molar-refractivity contribution is -0.215. The van der Waals surface area contributed by atoms with E-state index >= 15 is 0 Å². The number of hydrogen-bond acceptors (Lipinski definition) is 6. The van der Waals surface area contributed by atoms with Gasteiger partial charge in [0, 0.05) is 6.20 Å². The molecule has 0 spiro atoms. The lowest BCUT2D eigenvalue weighted by Gasteiger charge is -2.26. The number of imidazole rings is 1. The van der Waals surface area contributed by atoms with E-state index in [1.54, 1.807) is 10.7 Å². The Labute approximate surface area is 136 Å². The van der Waals surface area contributed by atoms with E-state index in [1.165, 1.54) is 41.3 Å². The second kappa shape index (κ2) is 5.03. The Morgan fingerprint density at radius 2 is 2.22 bits per heavy atom. The molecule has 0 radical (unpaired) electrons. The molecule has 1 atom stereocenters. The minimum absolute atomic E-state index is 0.0147. The highest BCUT2D eigenvalue weighted by Crippen LogP contribution is 2.41. The maximum Gasteiger partial charge on any atom is 0.489 e. The number of allylic oxidation sites excluding steroid dienone is 2. The average Bonchev–Trinajstić information content (AvgIpc) is 3.16. The molecule has 120 valence electrons. The van der Waals surface area contributed by atoms with Gasteiger partial charge in [-0.1, -0.05) is 23.1 Å². The predicted octanol–water partition coefficient (Wildman–Crippen LogP) is 3.70. The topological polar surface area (TPSA) is 42.7 Å². The largest absolute Gasteiger partial charge is 0.489 e. The molecular weight excluding hydrogens is 349 g/mol. The van der Waals surface area contributed by atoms with Crippen LogP contribution in [0.1, 0.15) is 11.8 Å². The number of hydrogen-bond donors (Lipinski definition) is 0. The monoisotopic (exact) mass is 358 g/mol. The zero-order chi connectivity index (χ0) is 16.2. The van der Waals surface area contributed by atoms with Crippen LogP contribution in [-0.4, -0.2) is 32.1 Å². The summed E-state index contributed by atoms with van der Waals surface area (Å²) in [4.78, 5) is 5.32. The predicted molar refractivity (Wildman–Crippen MR) is 79.7 cm³/mol. The van der Waals surface area contributed by atoms with Gasteiger partial charge in [0.2, 0.25) is 4.96 Å². The van der Waals surface area contributed by atoms with Crippen molar-refractivity contribution in [3.63, 3.8) is 0 Å². The number of rotatable bonds is 2. The Morgan fingerprint density at radius 1 is 1.39 bits per heavy atom. The molecule has 2 aliphatic rings. The molecule has 23 heavy (non-hydrogen) atoms. The summed E-state index contributed by atoms with van der Waals surface area (Å²) in [5.74, 6) is 0.184. The molecule has 1 unspecified atom stereocenters. The maximum absolute atomic E-state index is 13.0. The first-order valence-electron chi connectivity index (χ1n) is 6.49. The lowest BCUT2D eigenvalue weighted by atomic mass is 10.2. The van der Waals surface area contributed by atoms with Gasteiger partial charge in [-0.3, -0.25) is 4.90 Å². The molecule has 0 bridgehead atoms. The van der Waals surface area contributed by atoms with Crippen LogP contribution >= 0.6 is 23.1 Å². The first-order valence-corrected chi connectivity index (χ1v) is 8.53. The van der Waals surface area contributed by atoms with Gasteiger partial charge < -0.3 is 4.74 Å². The Balaban J connectivity index is 1.68. The molecule has 4 rings (SSSR count). The second-order valence-electron chi connectivity index (χ2n) is 4.77. The molecule has 10 heteroatoms. The molecular formula is C13H9F3N4OS2. The van der Waals surface area contributed by atoms with Gasteiger partial charge in [-0.25, -0.2) is 9.50 Å². The van der Waals surface area contributed by atoms with Crippen LogP contribution in [0.25, 0.3) is 4.96 Å². The summed E-state index contributed by atoms with van der Waals surface area (Å²) in [6.45, 7) is 0. The number of fused-ring (bicyclic) bond motifs is 2. The van der Waals surface area contributed by atoms with Gasteiger partial charge in [-0.05, 0) is 24.5 Å². The molecule has 2 aliphatic heterocycles. The standard InChI is InChI=1S/C13H9F3N4OS2/c1-22-12-18-20-6-7(17-11(20)23-12)10-5-8-9(21-10)3-2-4-19(8)13(14,15)16/h2-6,10H,1H3. The van der Waals surface area contributed by atoms with Crippen LogP contribution in [0.15, 0.2) is 46.4 Å². The maximum atomic E-state index is 13.0. The van der Waals surface area contributed by atoms with E-state index in [9.17, 15) is 13.2 Å². The first-order chi connectivity index (χ1) is 11.0. The van der Waals surface area contributed by atoms with Crippen molar-refractivity contribution in [2.75, 3.05) is 6.26 Å². The van der Waals surface area contributed by atoms with Crippen LogP contribution in [0.4, 0.5) is 13.2 Å². The fraction of sp³-hybridized carbons (Fsp3) is 0.231. The third-order valence-corrected chi connectivity index (χ3v) is 5.24. The number of ether oxygens (including phenoxy) is 1. The minimum atomic E-state index is -4.50. The van der Waals surface area contributed by atoms with E-state index in [0.717, 1.165) is 10.5 Å². The number of thioether (sulfide) groups is 1. The highest BCUT2D eigenvalue weighted by atomic mass is 32.2. The van der Waals surface area contributed by atoms with E-state index < -0.39 is 12.4 Å². The summed E-state index contributed by atoms with van der Waals surface area (Å²) in [6.07, 6.45) is 3.65. The summed E-state index contributed by atoms with van der Waals surface area (Å²) < 4.78 is 47.2. The fourth-order valence-corrected chi connectivity index (χ4v) is 3.71. The summed E-state index contributed by atoms with van der Waals surface area (Å²) in [6, 6.07) is 0. The van der Waals surface area contributed by atoms with Crippen LogP contribution in [0.5, 0.6) is 0 Å². The smallest absolute Gasteiger partial charge is 0.478 e. The highest BCUT2D eigenvalue weighted by molar-refractivity contribution is 8.00. The zero-order valence-corrected chi connectivity index (χ0v) is 13.2. The first kappa shape index (κ1) is 14.6. The molecule has 0 aliphatic carbocycles. The van der Waals surface area contributed by atoms with E-state index in [-0.39, 0.29) is 16.4 Å². The van der Waals surface area contributed by atoms with Crippen molar-refractivity contribution in [3.8, 4) is 0 Å². The third kappa shape index (κ3) is 2.41. The van der Waals surface area contributed by atoms with E-state index in [2.05, 4.69) is 10.1 Å². The minimum Gasteiger partial charge on any atom is -0.478 e.